The summed E-state index contributed by atoms with van der Waals surface area (Å²) in [5.41, 5.74) is 0. The number of rotatable bonds is 5. The van der Waals surface area contributed by atoms with Crippen molar-refractivity contribution in [3.05, 3.63) is 0 Å². The number of hydrogen-bond acceptors (Lipinski definition) is 4. The third kappa shape index (κ3) is 4.92. The van der Waals surface area contributed by atoms with Gasteiger partial charge in [0.05, 0.1) is 12.7 Å². The highest BCUT2D eigenvalue weighted by Gasteiger charge is 2.16. The summed E-state index contributed by atoms with van der Waals surface area (Å²) in [5, 5.41) is 3.26. The first-order valence-electron chi connectivity index (χ1n) is 5.80. The van der Waals surface area contributed by atoms with Gasteiger partial charge in [-0.25, -0.2) is 0 Å². The van der Waals surface area contributed by atoms with Crippen molar-refractivity contribution in [3.63, 3.8) is 0 Å². The van der Waals surface area contributed by atoms with Gasteiger partial charge in [-0.05, 0) is 7.05 Å². The fourth-order valence-corrected chi connectivity index (χ4v) is 1.67. The molecule has 0 aromatic rings. The van der Waals surface area contributed by atoms with E-state index in [4.69, 9.17) is 4.74 Å². The Bertz CT molecular complexity index is 221. The minimum atomic E-state index is 0.161. The van der Waals surface area contributed by atoms with Crippen LogP contribution in [0.4, 0.5) is 0 Å². The number of ether oxygens (including phenoxy) is 1. The lowest BCUT2D eigenvalue weighted by Gasteiger charge is -2.30. The number of carbonyl (C=O) groups is 1. The van der Waals surface area contributed by atoms with Crippen molar-refractivity contribution in [1.82, 2.24) is 15.1 Å². The number of nitrogens with one attached hydrogen (secondary N) is 1. The van der Waals surface area contributed by atoms with Gasteiger partial charge in [-0.1, -0.05) is 0 Å². The molecule has 0 aromatic carbocycles. The molecule has 94 valence electrons. The molecule has 0 aromatic heterocycles. The summed E-state index contributed by atoms with van der Waals surface area (Å²) in [4.78, 5) is 15.2. The van der Waals surface area contributed by atoms with E-state index in [2.05, 4.69) is 17.3 Å². The van der Waals surface area contributed by atoms with E-state index in [0.717, 1.165) is 32.8 Å². The van der Waals surface area contributed by atoms with Gasteiger partial charge >= 0.3 is 0 Å². The average Bonchev–Trinajstić information content (AvgIpc) is 2.24. The molecule has 16 heavy (non-hydrogen) atoms. The van der Waals surface area contributed by atoms with Gasteiger partial charge in [-0.3, -0.25) is 4.79 Å². The maximum atomic E-state index is 11.3. The van der Waals surface area contributed by atoms with Crippen LogP contribution in [0.2, 0.25) is 0 Å². The van der Waals surface area contributed by atoms with Gasteiger partial charge in [0.25, 0.3) is 0 Å². The Morgan fingerprint density at radius 2 is 2.31 bits per heavy atom. The average molecular weight is 229 g/mol. The van der Waals surface area contributed by atoms with Crippen LogP contribution in [0.5, 0.6) is 0 Å². The van der Waals surface area contributed by atoms with E-state index in [1.165, 1.54) is 0 Å². The van der Waals surface area contributed by atoms with Crippen LogP contribution in [0.1, 0.15) is 6.42 Å². The van der Waals surface area contributed by atoms with Gasteiger partial charge in [0.2, 0.25) is 5.91 Å². The van der Waals surface area contributed by atoms with E-state index in [1.807, 2.05) is 0 Å². The summed E-state index contributed by atoms with van der Waals surface area (Å²) in [6.07, 6.45) is 0.809. The van der Waals surface area contributed by atoms with Gasteiger partial charge in [-0.15, -0.1) is 0 Å². The minimum absolute atomic E-state index is 0.161. The number of carbonyl (C=O) groups excluding carboxylic acids is 1. The Balaban J connectivity index is 2.04. The van der Waals surface area contributed by atoms with Crippen molar-refractivity contribution in [2.24, 2.45) is 0 Å². The van der Waals surface area contributed by atoms with Gasteiger partial charge in [0.15, 0.2) is 0 Å². The normalized spacial score (nSPS) is 22.1. The van der Waals surface area contributed by atoms with Crippen molar-refractivity contribution >= 4 is 5.91 Å². The van der Waals surface area contributed by atoms with E-state index in [-0.39, 0.29) is 12.0 Å². The molecule has 1 unspecified atom stereocenters. The Morgan fingerprint density at radius 3 is 2.94 bits per heavy atom. The largest absolute Gasteiger partial charge is 0.374 e. The topological polar surface area (TPSA) is 44.8 Å². The number of morpholine rings is 1. The summed E-state index contributed by atoms with van der Waals surface area (Å²) >= 11 is 0. The van der Waals surface area contributed by atoms with Crippen LogP contribution in [-0.2, 0) is 9.53 Å². The highest BCUT2D eigenvalue weighted by Crippen LogP contribution is 2.01. The summed E-state index contributed by atoms with van der Waals surface area (Å²) in [7, 11) is 5.66. The molecule has 1 atom stereocenters. The zero-order valence-electron chi connectivity index (χ0n) is 10.5. The van der Waals surface area contributed by atoms with Crippen molar-refractivity contribution < 1.29 is 9.53 Å². The zero-order valence-corrected chi connectivity index (χ0v) is 10.5. The monoisotopic (exact) mass is 229 g/mol. The molecule has 1 heterocycles. The third-order valence-electron chi connectivity index (χ3n) is 2.73. The number of likely N-dealkylation sites (N-methyl/N-ethyl adjacent to an activating group) is 1. The fourth-order valence-electron chi connectivity index (χ4n) is 1.67. The van der Waals surface area contributed by atoms with Crippen molar-refractivity contribution in [3.8, 4) is 0 Å². The molecular formula is C11H23N3O2. The van der Waals surface area contributed by atoms with Crippen LogP contribution in [0.15, 0.2) is 0 Å². The molecule has 1 rings (SSSR count). The molecule has 1 saturated heterocycles. The van der Waals surface area contributed by atoms with Crippen LogP contribution < -0.4 is 5.32 Å². The first-order chi connectivity index (χ1) is 7.59. The lowest BCUT2D eigenvalue weighted by molar-refractivity contribution is -0.128. The van der Waals surface area contributed by atoms with Crippen LogP contribution in [-0.4, -0.2) is 75.7 Å². The van der Waals surface area contributed by atoms with Gasteiger partial charge in [0.1, 0.15) is 0 Å². The second-order valence-electron chi connectivity index (χ2n) is 4.50. The van der Waals surface area contributed by atoms with Crippen LogP contribution in [0.25, 0.3) is 0 Å². The molecule has 0 radical (unpaired) electrons. The molecule has 5 heteroatoms. The Morgan fingerprint density at radius 1 is 1.56 bits per heavy atom. The van der Waals surface area contributed by atoms with E-state index >= 15 is 0 Å². The van der Waals surface area contributed by atoms with Gasteiger partial charge in [-0.2, -0.15) is 0 Å². The molecule has 0 saturated carbocycles. The van der Waals surface area contributed by atoms with E-state index in [1.54, 1.807) is 19.0 Å². The highest BCUT2D eigenvalue weighted by atomic mass is 16.5. The third-order valence-corrected chi connectivity index (χ3v) is 2.73. The van der Waals surface area contributed by atoms with Gasteiger partial charge < -0.3 is 19.9 Å². The summed E-state index contributed by atoms with van der Waals surface area (Å²) in [6.45, 7) is 4.33. The Labute approximate surface area is 97.7 Å². The zero-order chi connectivity index (χ0) is 12.0. The van der Waals surface area contributed by atoms with E-state index in [0.29, 0.717) is 6.42 Å². The lowest BCUT2D eigenvalue weighted by atomic mass is 10.2. The first-order valence-corrected chi connectivity index (χ1v) is 5.80. The smallest absolute Gasteiger partial charge is 0.223 e. The molecule has 1 aliphatic heterocycles. The molecule has 0 aliphatic carbocycles. The number of amides is 1. The Kier molecular flexibility index (Phi) is 5.73. The minimum Gasteiger partial charge on any atom is -0.374 e. The quantitative estimate of drug-likeness (QED) is 0.639. The van der Waals surface area contributed by atoms with Crippen LogP contribution >= 0.6 is 0 Å². The first kappa shape index (κ1) is 13.4. The predicted molar refractivity (Wildman–Crippen MR) is 63.4 cm³/mol. The van der Waals surface area contributed by atoms with E-state index in [9.17, 15) is 4.79 Å². The highest BCUT2D eigenvalue weighted by molar-refractivity contribution is 5.75. The van der Waals surface area contributed by atoms with Crippen molar-refractivity contribution in [2.45, 2.75) is 12.5 Å². The fraction of sp³-hybridized carbons (Fsp3) is 0.909. The molecule has 0 spiro atoms. The van der Waals surface area contributed by atoms with Gasteiger partial charge in [0, 0.05) is 46.7 Å². The molecule has 0 bridgehead atoms. The van der Waals surface area contributed by atoms with Crippen LogP contribution in [0.3, 0.4) is 0 Å². The van der Waals surface area contributed by atoms with Crippen LogP contribution in [0, 0.1) is 0 Å². The molecule has 5 nitrogen and oxygen atoms in total. The van der Waals surface area contributed by atoms with Crippen molar-refractivity contribution in [1.29, 1.82) is 0 Å². The summed E-state index contributed by atoms with van der Waals surface area (Å²) in [6, 6.07) is 0. The van der Waals surface area contributed by atoms with Crippen molar-refractivity contribution in [2.75, 3.05) is 53.9 Å². The second-order valence-corrected chi connectivity index (χ2v) is 4.50. The van der Waals surface area contributed by atoms with E-state index < -0.39 is 0 Å². The predicted octanol–water partition coefficient (Wildman–Crippen LogP) is -0.615. The standard InChI is InChI=1S/C11H23N3O2/c1-13(2)11(15)4-5-12-8-10-9-14(3)6-7-16-10/h10,12H,4-9H2,1-3H3. The number of nitrogens with zero attached hydrogens (tertiary/aromatic N) is 2. The summed E-state index contributed by atoms with van der Waals surface area (Å²) in [5.74, 6) is 0.161. The molecule has 1 aliphatic rings. The Hall–Kier alpha value is -0.650. The second kappa shape index (κ2) is 6.83. The maximum absolute atomic E-state index is 11.3. The lowest BCUT2D eigenvalue weighted by Crippen LogP contribution is -2.45. The number of hydrogen-bond donors (Lipinski definition) is 1. The molecule has 1 fully saturated rings. The SMILES string of the molecule is CN1CCOC(CNCCC(=O)N(C)C)C1. The molecule has 1 N–H and O–H groups in total. The molecular weight excluding hydrogens is 206 g/mol. The summed E-state index contributed by atoms with van der Waals surface area (Å²) < 4.78 is 5.60. The maximum Gasteiger partial charge on any atom is 0.223 e. The molecule has 1 amide bonds.